The molecule has 6 nitrogen and oxygen atoms in total. The average molecular weight is 419 g/mol. The Balaban J connectivity index is 1.84. The Kier molecular flexibility index (Phi) is 4.68. The predicted octanol–water partition coefficient (Wildman–Crippen LogP) is 4.72. The zero-order chi connectivity index (χ0) is 19.9. The van der Waals surface area contributed by atoms with Crippen molar-refractivity contribution in [3.8, 4) is 11.1 Å². The molecule has 0 fully saturated rings. The molecule has 0 aliphatic rings. The number of H-pyrrole nitrogens is 1. The molecule has 0 spiro atoms. The second kappa shape index (κ2) is 7.03. The number of rotatable bonds is 5. The molecule has 0 saturated heterocycles. The zero-order valence-corrected chi connectivity index (χ0v) is 16.4. The minimum absolute atomic E-state index is 0.0905. The van der Waals surface area contributed by atoms with Gasteiger partial charge >= 0.3 is 0 Å². The Morgan fingerprint density at radius 2 is 2.00 bits per heavy atom. The Hall–Kier alpha value is -2.71. The molecule has 0 bridgehead atoms. The molecule has 4 aromatic rings. The molecule has 2 aromatic carbocycles. The molecule has 2 heterocycles. The maximum atomic E-state index is 15.2. The van der Waals surface area contributed by atoms with Crippen LogP contribution in [0, 0.1) is 5.82 Å². The topological polar surface area (TPSA) is 87.7 Å². The Morgan fingerprint density at radius 3 is 2.79 bits per heavy atom. The first-order chi connectivity index (χ1) is 13.4. The van der Waals surface area contributed by atoms with Crippen LogP contribution in [0.4, 0.5) is 10.1 Å². The summed E-state index contributed by atoms with van der Waals surface area (Å²) in [6.45, 7) is 1.74. The number of halogens is 2. The van der Waals surface area contributed by atoms with Crippen LogP contribution < -0.4 is 4.72 Å². The first-order valence-electron chi connectivity index (χ1n) is 8.60. The van der Waals surface area contributed by atoms with Crippen LogP contribution in [0.2, 0.25) is 5.02 Å². The van der Waals surface area contributed by atoms with E-state index in [1.54, 1.807) is 31.5 Å². The predicted molar refractivity (Wildman–Crippen MR) is 109 cm³/mol. The van der Waals surface area contributed by atoms with Crippen molar-refractivity contribution in [2.45, 2.75) is 13.3 Å². The molecule has 0 atom stereocenters. The summed E-state index contributed by atoms with van der Waals surface area (Å²) in [5, 5.41) is 9.55. The normalized spacial score (nSPS) is 12.0. The first kappa shape index (κ1) is 18.6. The van der Waals surface area contributed by atoms with Crippen LogP contribution >= 0.6 is 11.6 Å². The fourth-order valence-corrected chi connectivity index (χ4v) is 4.55. The van der Waals surface area contributed by atoms with Crippen LogP contribution in [-0.2, 0) is 10.0 Å². The SMILES string of the molecule is CCCS(=O)(=O)Nc1ccc(Cl)c(-c2ccc3c(cnc4[nH]ncc43)c2)c1F. The van der Waals surface area contributed by atoms with E-state index in [0.29, 0.717) is 17.6 Å². The van der Waals surface area contributed by atoms with E-state index in [4.69, 9.17) is 11.6 Å². The van der Waals surface area contributed by atoms with Crippen molar-refractivity contribution in [2.24, 2.45) is 0 Å². The number of pyridine rings is 1. The number of sulfonamides is 1. The number of nitrogens with zero attached hydrogens (tertiary/aromatic N) is 2. The highest BCUT2D eigenvalue weighted by atomic mass is 35.5. The average Bonchev–Trinajstić information content (AvgIpc) is 3.13. The van der Waals surface area contributed by atoms with Crippen LogP contribution in [0.3, 0.4) is 0 Å². The molecule has 0 saturated carbocycles. The van der Waals surface area contributed by atoms with Crippen molar-refractivity contribution in [3.63, 3.8) is 0 Å². The van der Waals surface area contributed by atoms with Crippen molar-refractivity contribution >= 4 is 49.1 Å². The van der Waals surface area contributed by atoms with Gasteiger partial charge in [-0.2, -0.15) is 5.10 Å². The minimum Gasteiger partial charge on any atom is -0.281 e. The number of anilines is 1. The summed E-state index contributed by atoms with van der Waals surface area (Å²) in [6, 6.07) is 8.15. The van der Waals surface area contributed by atoms with Crippen LogP contribution in [0.5, 0.6) is 0 Å². The highest BCUT2D eigenvalue weighted by Crippen LogP contribution is 2.37. The maximum absolute atomic E-state index is 15.2. The van der Waals surface area contributed by atoms with E-state index < -0.39 is 15.8 Å². The molecule has 144 valence electrons. The van der Waals surface area contributed by atoms with E-state index in [1.165, 1.54) is 12.1 Å². The van der Waals surface area contributed by atoms with Crippen molar-refractivity contribution < 1.29 is 12.8 Å². The fraction of sp³-hybridized carbons (Fsp3) is 0.158. The van der Waals surface area contributed by atoms with Crippen molar-refractivity contribution in [1.82, 2.24) is 15.2 Å². The number of aromatic amines is 1. The molecule has 9 heteroatoms. The van der Waals surface area contributed by atoms with Crippen LogP contribution in [0.25, 0.3) is 32.9 Å². The van der Waals surface area contributed by atoms with Crippen LogP contribution in [-0.4, -0.2) is 29.4 Å². The molecule has 0 unspecified atom stereocenters. The Labute approximate surface area is 165 Å². The number of nitrogens with one attached hydrogen (secondary N) is 2. The van der Waals surface area contributed by atoms with Gasteiger partial charge in [0.05, 0.1) is 22.7 Å². The van der Waals surface area contributed by atoms with Gasteiger partial charge in [0.15, 0.2) is 11.5 Å². The largest absolute Gasteiger partial charge is 0.281 e. The van der Waals surface area contributed by atoms with Crippen molar-refractivity contribution in [2.75, 3.05) is 10.5 Å². The molecule has 2 N–H and O–H groups in total. The van der Waals surface area contributed by atoms with Gasteiger partial charge in [0.2, 0.25) is 10.0 Å². The molecule has 28 heavy (non-hydrogen) atoms. The highest BCUT2D eigenvalue weighted by Gasteiger charge is 2.19. The Morgan fingerprint density at radius 1 is 1.18 bits per heavy atom. The summed E-state index contributed by atoms with van der Waals surface area (Å²) >= 11 is 6.25. The lowest BCUT2D eigenvalue weighted by atomic mass is 10.00. The van der Waals surface area contributed by atoms with Gasteiger partial charge in [-0.15, -0.1) is 0 Å². The second-order valence-electron chi connectivity index (χ2n) is 6.40. The van der Waals surface area contributed by atoms with Gasteiger partial charge in [0, 0.05) is 22.5 Å². The summed E-state index contributed by atoms with van der Waals surface area (Å²) in [5.74, 6) is -0.809. The number of fused-ring (bicyclic) bond motifs is 3. The van der Waals surface area contributed by atoms with Crippen molar-refractivity contribution in [3.05, 3.63) is 53.6 Å². The lowest BCUT2D eigenvalue weighted by Crippen LogP contribution is -2.17. The smallest absolute Gasteiger partial charge is 0.232 e. The molecule has 2 aromatic heterocycles. The van der Waals surface area contributed by atoms with Crippen LogP contribution in [0.1, 0.15) is 13.3 Å². The molecule has 0 aliphatic heterocycles. The fourth-order valence-electron chi connectivity index (χ4n) is 3.16. The summed E-state index contributed by atoms with van der Waals surface area (Å²) in [6.07, 6.45) is 3.78. The molecule has 0 aliphatic carbocycles. The van der Waals surface area contributed by atoms with Crippen molar-refractivity contribution in [1.29, 1.82) is 0 Å². The molecular weight excluding hydrogens is 403 g/mol. The number of aromatic nitrogens is 3. The third-order valence-corrected chi connectivity index (χ3v) is 6.20. The highest BCUT2D eigenvalue weighted by molar-refractivity contribution is 7.92. The number of benzene rings is 2. The standard InChI is InChI=1S/C19H16ClFN4O2S/c1-2-7-28(26,27)25-16-6-5-15(20)17(18(16)21)11-3-4-13-12(8-11)9-22-19-14(13)10-23-24-19/h3-6,8-10,25H,2,7H2,1H3,(H,22,23,24). The molecule has 0 amide bonds. The van der Waals surface area contributed by atoms with E-state index in [-0.39, 0.29) is 22.0 Å². The zero-order valence-electron chi connectivity index (χ0n) is 14.8. The van der Waals surface area contributed by atoms with E-state index in [1.807, 2.05) is 6.07 Å². The second-order valence-corrected chi connectivity index (χ2v) is 8.65. The van der Waals surface area contributed by atoms with Gasteiger partial charge < -0.3 is 0 Å². The van der Waals surface area contributed by atoms with Crippen LogP contribution in [0.15, 0.2) is 42.7 Å². The van der Waals surface area contributed by atoms with E-state index in [0.717, 1.165) is 16.2 Å². The third kappa shape index (κ3) is 3.29. The number of hydrogen-bond donors (Lipinski definition) is 2. The van der Waals surface area contributed by atoms with E-state index >= 15 is 4.39 Å². The Bertz CT molecular complexity index is 1300. The quantitative estimate of drug-likeness (QED) is 0.490. The lowest BCUT2D eigenvalue weighted by molar-refractivity contribution is 0.597. The summed E-state index contributed by atoms with van der Waals surface area (Å²) in [7, 11) is -3.63. The van der Waals surface area contributed by atoms with Gasteiger partial charge in [-0.3, -0.25) is 9.82 Å². The summed E-state index contributed by atoms with van der Waals surface area (Å²) in [5.41, 5.74) is 1.19. The van der Waals surface area contributed by atoms with Gasteiger partial charge in [0.1, 0.15) is 0 Å². The maximum Gasteiger partial charge on any atom is 0.232 e. The first-order valence-corrected chi connectivity index (χ1v) is 10.6. The van der Waals surface area contributed by atoms with Gasteiger partial charge in [0.25, 0.3) is 0 Å². The minimum atomic E-state index is -3.63. The monoisotopic (exact) mass is 418 g/mol. The third-order valence-electron chi connectivity index (χ3n) is 4.41. The number of hydrogen-bond acceptors (Lipinski definition) is 4. The lowest BCUT2D eigenvalue weighted by Gasteiger charge is -2.13. The van der Waals surface area contributed by atoms with E-state index in [2.05, 4.69) is 19.9 Å². The van der Waals surface area contributed by atoms with Gasteiger partial charge in [-0.05, 0) is 35.6 Å². The summed E-state index contributed by atoms with van der Waals surface area (Å²) in [4.78, 5) is 4.30. The van der Waals surface area contributed by atoms with Gasteiger partial charge in [-0.25, -0.2) is 17.8 Å². The molecule has 4 rings (SSSR count). The molecular formula is C19H16ClFN4O2S. The van der Waals surface area contributed by atoms with E-state index in [9.17, 15) is 8.42 Å². The molecule has 0 radical (unpaired) electrons. The summed E-state index contributed by atoms with van der Waals surface area (Å²) < 4.78 is 41.5. The van der Waals surface area contributed by atoms with Gasteiger partial charge in [-0.1, -0.05) is 30.7 Å².